The smallest absolute Gasteiger partial charge is 0.243 e. The molecule has 3 rings (SSSR count). The lowest BCUT2D eigenvalue weighted by atomic mass is 9.99. The topological polar surface area (TPSA) is 69.7 Å². The average molecular weight is 416 g/mol. The summed E-state index contributed by atoms with van der Waals surface area (Å²) in [6.07, 6.45) is 2.93. The number of carbonyl (C=O) groups is 1. The van der Waals surface area contributed by atoms with Crippen molar-refractivity contribution in [3.8, 4) is 0 Å². The van der Waals surface area contributed by atoms with E-state index in [0.29, 0.717) is 37.0 Å². The van der Waals surface area contributed by atoms with E-state index in [2.05, 4.69) is 19.2 Å². The molecule has 0 saturated carbocycles. The van der Waals surface area contributed by atoms with E-state index in [1.807, 2.05) is 12.1 Å². The van der Waals surface area contributed by atoms with Crippen molar-refractivity contribution in [2.45, 2.75) is 50.0 Å². The summed E-state index contributed by atoms with van der Waals surface area (Å²) in [4.78, 5) is 14.6. The van der Waals surface area contributed by atoms with Gasteiger partial charge >= 0.3 is 0 Å². The number of rotatable bonds is 5. The summed E-state index contributed by atoms with van der Waals surface area (Å²) in [6.45, 7) is 6.78. The Balaban J connectivity index is 0.00000261. The van der Waals surface area contributed by atoms with Crippen LogP contribution in [0.3, 0.4) is 0 Å². The van der Waals surface area contributed by atoms with E-state index in [4.69, 9.17) is 0 Å². The number of hydrogen-bond donors (Lipinski definition) is 1. The third-order valence-electron chi connectivity index (χ3n) is 5.61. The molecule has 1 amide bonds. The Bertz CT molecular complexity index is 725. The third-order valence-corrected chi connectivity index (χ3v) is 7.52. The molecule has 0 bridgehead atoms. The summed E-state index contributed by atoms with van der Waals surface area (Å²) in [5.74, 6) is 0.531. The SMILES string of the molecule is CCC(C)c1ccc(S(=O)(=O)N2CCN(C(=O)C3CCCN3)CC2)cc1.Cl. The summed E-state index contributed by atoms with van der Waals surface area (Å²) in [5, 5.41) is 3.22. The largest absolute Gasteiger partial charge is 0.339 e. The van der Waals surface area contributed by atoms with Crippen molar-refractivity contribution in [2.24, 2.45) is 0 Å². The molecule has 0 aromatic heterocycles. The standard InChI is InChI=1S/C19H29N3O3S.ClH/c1-3-15(2)16-6-8-17(9-7-16)26(24,25)22-13-11-21(12-14-22)19(23)18-5-4-10-20-18;/h6-9,15,18,20H,3-5,10-14H2,1-2H3;1H. The molecule has 2 fully saturated rings. The number of carbonyl (C=O) groups excluding carboxylic acids is 1. The van der Waals surface area contributed by atoms with Crippen molar-refractivity contribution < 1.29 is 13.2 Å². The minimum absolute atomic E-state index is 0. The van der Waals surface area contributed by atoms with Gasteiger partial charge in [-0.3, -0.25) is 4.79 Å². The molecule has 2 unspecified atom stereocenters. The van der Waals surface area contributed by atoms with Gasteiger partial charge in [-0.1, -0.05) is 26.0 Å². The lowest BCUT2D eigenvalue weighted by Gasteiger charge is -2.35. The molecule has 2 heterocycles. The Kier molecular flexibility index (Phi) is 7.68. The van der Waals surface area contributed by atoms with Crippen LogP contribution in [0.25, 0.3) is 0 Å². The predicted octanol–water partition coefficient (Wildman–Crippen LogP) is 2.21. The Labute approximate surface area is 168 Å². The van der Waals surface area contributed by atoms with Gasteiger partial charge in [0.2, 0.25) is 15.9 Å². The fourth-order valence-electron chi connectivity index (χ4n) is 3.62. The molecule has 6 nitrogen and oxygen atoms in total. The quantitative estimate of drug-likeness (QED) is 0.800. The molecule has 0 spiro atoms. The fraction of sp³-hybridized carbons (Fsp3) is 0.632. The van der Waals surface area contributed by atoms with Crippen molar-refractivity contribution in [1.82, 2.24) is 14.5 Å². The third kappa shape index (κ3) is 4.83. The van der Waals surface area contributed by atoms with Crippen molar-refractivity contribution in [2.75, 3.05) is 32.7 Å². The predicted molar refractivity (Wildman–Crippen MR) is 109 cm³/mol. The molecular formula is C19H30ClN3O3S. The zero-order chi connectivity index (χ0) is 18.7. The highest BCUT2D eigenvalue weighted by molar-refractivity contribution is 7.89. The number of hydrogen-bond acceptors (Lipinski definition) is 4. The lowest BCUT2D eigenvalue weighted by molar-refractivity contribution is -0.134. The van der Waals surface area contributed by atoms with Crippen LogP contribution in [0, 0.1) is 0 Å². The summed E-state index contributed by atoms with van der Waals surface area (Å²) in [5.41, 5.74) is 1.16. The van der Waals surface area contributed by atoms with Crippen LogP contribution in [-0.2, 0) is 14.8 Å². The second-order valence-electron chi connectivity index (χ2n) is 7.26. The van der Waals surface area contributed by atoms with Gasteiger partial charge in [0.25, 0.3) is 0 Å². The monoisotopic (exact) mass is 415 g/mol. The van der Waals surface area contributed by atoms with E-state index in [1.54, 1.807) is 17.0 Å². The Morgan fingerprint density at radius 1 is 1.19 bits per heavy atom. The minimum atomic E-state index is -3.50. The first kappa shape index (κ1) is 22.1. The Morgan fingerprint density at radius 3 is 2.33 bits per heavy atom. The number of sulfonamides is 1. The van der Waals surface area contributed by atoms with Crippen LogP contribution >= 0.6 is 12.4 Å². The maximum Gasteiger partial charge on any atom is 0.243 e. The van der Waals surface area contributed by atoms with Crippen molar-refractivity contribution in [3.05, 3.63) is 29.8 Å². The van der Waals surface area contributed by atoms with Crippen LogP contribution < -0.4 is 5.32 Å². The van der Waals surface area contributed by atoms with E-state index < -0.39 is 10.0 Å². The molecule has 0 aliphatic carbocycles. The normalized spacial score (nSPS) is 22.3. The molecule has 27 heavy (non-hydrogen) atoms. The van der Waals surface area contributed by atoms with E-state index in [-0.39, 0.29) is 24.4 Å². The van der Waals surface area contributed by atoms with Gasteiger partial charge in [0.05, 0.1) is 10.9 Å². The van der Waals surface area contributed by atoms with Crippen molar-refractivity contribution in [3.63, 3.8) is 0 Å². The molecule has 1 aromatic carbocycles. The molecule has 152 valence electrons. The van der Waals surface area contributed by atoms with Crippen LogP contribution in [0.1, 0.15) is 44.6 Å². The molecule has 2 aliphatic heterocycles. The van der Waals surface area contributed by atoms with E-state index in [9.17, 15) is 13.2 Å². The maximum absolute atomic E-state index is 12.9. The molecule has 8 heteroatoms. The Hall–Kier alpha value is -1.15. The minimum Gasteiger partial charge on any atom is -0.339 e. The van der Waals surface area contributed by atoms with Crippen molar-refractivity contribution >= 4 is 28.3 Å². The first-order chi connectivity index (χ1) is 12.4. The fourth-order valence-corrected chi connectivity index (χ4v) is 5.04. The second-order valence-corrected chi connectivity index (χ2v) is 9.19. The van der Waals surface area contributed by atoms with Gasteiger partial charge in [-0.05, 0) is 49.4 Å². The number of piperazine rings is 1. The molecule has 2 saturated heterocycles. The van der Waals surface area contributed by atoms with Crippen LogP contribution in [0.4, 0.5) is 0 Å². The number of nitrogens with zero attached hydrogens (tertiary/aromatic N) is 2. The van der Waals surface area contributed by atoms with Crippen LogP contribution in [-0.4, -0.2) is 62.3 Å². The first-order valence-electron chi connectivity index (χ1n) is 9.55. The van der Waals surface area contributed by atoms with Gasteiger partial charge in [0, 0.05) is 26.2 Å². The van der Waals surface area contributed by atoms with Gasteiger partial charge in [-0.2, -0.15) is 4.31 Å². The molecule has 2 atom stereocenters. The maximum atomic E-state index is 12.9. The van der Waals surface area contributed by atoms with Crippen molar-refractivity contribution in [1.29, 1.82) is 0 Å². The highest BCUT2D eigenvalue weighted by atomic mass is 35.5. The zero-order valence-electron chi connectivity index (χ0n) is 16.1. The summed E-state index contributed by atoms with van der Waals surface area (Å²) >= 11 is 0. The van der Waals surface area contributed by atoms with Gasteiger partial charge in [0.15, 0.2) is 0 Å². The number of amides is 1. The highest BCUT2D eigenvalue weighted by Crippen LogP contribution is 2.23. The summed E-state index contributed by atoms with van der Waals surface area (Å²) in [6, 6.07) is 7.14. The Morgan fingerprint density at radius 2 is 1.81 bits per heavy atom. The van der Waals surface area contributed by atoms with E-state index >= 15 is 0 Å². The van der Waals surface area contributed by atoms with Crippen LogP contribution in [0.15, 0.2) is 29.2 Å². The van der Waals surface area contributed by atoms with E-state index in [1.165, 1.54) is 4.31 Å². The molecular weight excluding hydrogens is 386 g/mol. The molecule has 1 N–H and O–H groups in total. The highest BCUT2D eigenvalue weighted by Gasteiger charge is 2.33. The average Bonchev–Trinajstić information content (AvgIpc) is 3.21. The molecule has 1 aromatic rings. The van der Waals surface area contributed by atoms with Gasteiger partial charge < -0.3 is 10.2 Å². The summed E-state index contributed by atoms with van der Waals surface area (Å²) in [7, 11) is -3.50. The number of benzene rings is 1. The first-order valence-corrected chi connectivity index (χ1v) is 11.0. The van der Waals surface area contributed by atoms with Gasteiger partial charge in [-0.15, -0.1) is 12.4 Å². The van der Waals surface area contributed by atoms with Crippen LogP contribution in [0.2, 0.25) is 0 Å². The van der Waals surface area contributed by atoms with E-state index in [0.717, 1.165) is 31.4 Å². The molecule has 0 radical (unpaired) electrons. The van der Waals surface area contributed by atoms with Gasteiger partial charge in [-0.25, -0.2) is 8.42 Å². The number of halogens is 1. The zero-order valence-corrected chi connectivity index (χ0v) is 17.7. The number of nitrogens with one attached hydrogen (secondary N) is 1. The van der Waals surface area contributed by atoms with Gasteiger partial charge in [0.1, 0.15) is 0 Å². The lowest BCUT2D eigenvalue weighted by Crippen LogP contribution is -2.54. The molecule has 2 aliphatic rings. The second kappa shape index (κ2) is 9.37. The van der Waals surface area contributed by atoms with Crippen LogP contribution in [0.5, 0.6) is 0 Å². The summed E-state index contributed by atoms with van der Waals surface area (Å²) < 4.78 is 27.3.